The molecule has 0 radical (unpaired) electrons. The van der Waals surface area contributed by atoms with Crippen LogP contribution in [-0.2, 0) is 4.79 Å². The van der Waals surface area contributed by atoms with Crippen molar-refractivity contribution in [1.29, 1.82) is 0 Å². The summed E-state index contributed by atoms with van der Waals surface area (Å²) in [5.74, 6) is -0.109. The molecule has 0 saturated carbocycles. The summed E-state index contributed by atoms with van der Waals surface area (Å²) in [5, 5.41) is 11.4. The van der Waals surface area contributed by atoms with Gasteiger partial charge in [0.05, 0.1) is 41.0 Å². The fourth-order valence-corrected chi connectivity index (χ4v) is 4.28. The van der Waals surface area contributed by atoms with Gasteiger partial charge in [-0.25, -0.2) is 9.97 Å². The number of H-pyrrole nitrogens is 2. The number of anilines is 1. The lowest BCUT2D eigenvalue weighted by Crippen LogP contribution is -2.27. The van der Waals surface area contributed by atoms with Gasteiger partial charge < -0.3 is 15.2 Å². The maximum Gasteiger partial charge on any atom is 0.238 e. The number of amides is 1. The number of pyridine rings is 4. The third kappa shape index (κ3) is 4.41. The Hall–Kier alpha value is -4.96. The molecular formula is C27H23N9O. The van der Waals surface area contributed by atoms with E-state index >= 15 is 0 Å². The molecule has 6 heterocycles. The van der Waals surface area contributed by atoms with Crippen LogP contribution in [0.3, 0.4) is 0 Å². The molecule has 3 N–H and O–H groups in total. The monoisotopic (exact) mass is 489 g/mol. The van der Waals surface area contributed by atoms with Crippen molar-refractivity contribution in [2.24, 2.45) is 0 Å². The summed E-state index contributed by atoms with van der Waals surface area (Å²) in [6, 6.07) is 15.5. The van der Waals surface area contributed by atoms with Crippen LogP contribution in [0.5, 0.6) is 0 Å². The second-order valence-corrected chi connectivity index (χ2v) is 8.93. The Kier molecular flexibility index (Phi) is 5.62. The number of likely N-dealkylation sites (N-methyl/N-ethyl adjacent to an activating group) is 1. The van der Waals surface area contributed by atoms with E-state index in [2.05, 4.69) is 35.5 Å². The van der Waals surface area contributed by atoms with E-state index in [0.29, 0.717) is 16.9 Å². The van der Waals surface area contributed by atoms with Gasteiger partial charge in [-0.1, -0.05) is 6.07 Å². The van der Waals surface area contributed by atoms with Crippen molar-refractivity contribution in [2.45, 2.75) is 0 Å². The van der Waals surface area contributed by atoms with Gasteiger partial charge in [-0.3, -0.25) is 19.9 Å². The molecule has 0 saturated heterocycles. The van der Waals surface area contributed by atoms with Gasteiger partial charge in [0.1, 0.15) is 16.9 Å². The number of hydrogen-bond acceptors (Lipinski definition) is 7. The fourth-order valence-electron chi connectivity index (χ4n) is 4.28. The number of hydrogen-bond donors (Lipinski definition) is 3. The van der Waals surface area contributed by atoms with E-state index in [4.69, 9.17) is 4.98 Å². The maximum atomic E-state index is 12.2. The smallest absolute Gasteiger partial charge is 0.238 e. The Bertz CT molecular complexity index is 1740. The first-order chi connectivity index (χ1) is 18.0. The number of fused-ring (bicyclic) bond motifs is 2. The van der Waals surface area contributed by atoms with Gasteiger partial charge in [-0.15, -0.1) is 0 Å². The van der Waals surface area contributed by atoms with Crippen LogP contribution < -0.4 is 5.32 Å². The number of carbonyl (C=O) groups is 1. The average Bonchev–Trinajstić information content (AvgIpc) is 3.52. The van der Waals surface area contributed by atoms with Gasteiger partial charge in [0.15, 0.2) is 0 Å². The van der Waals surface area contributed by atoms with E-state index in [1.807, 2.05) is 62.6 Å². The van der Waals surface area contributed by atoms with Crippen molar-refractivity contribution in [3.8, 4) is 33.9 Å². The first-order valence-corrected chi connectivity index (χ1v) is 11.7. The topological polar surface area (TPSA) is 128 Å². The molecule has 0 unspecified atom stereocenters. The lowest BCUT2D eigenvalue weighted by atomic mass is 10.1. The van der Waals surface area contributed by atoms with E-state index in [1.54, 1.807) is 29.7 Å². The summed E-state index contributed by atoms with van der Waals surface area (Å²) in [6.45, 7) is 0.286. The van der Waals surface area contributed by atoms with Crippen LogP contribution in [0.1, 0.15) is 0 Å². The van der Waals surface area contributed by atoms with Gasteiger partial charge in [0.2, 0.25) is 5.91 Å². The van der Waals surface area contributed by atoms with Gasteiger partial charge >= 0.3 is 0 Å². The molecule has 10 heteroatoms. The molecule has 37 heavy (non-hydrogen) atoms. The molecule has 0 aromatic carbocycles. The zero-order chi connectivity index (χ0) is 25.4. The molecule has 0 atom stereocenters. The SMILES string of the molecule is CN(C)CC(=O)Nc1cncc(-c2ccc3[nH]nc(-c4cc5c(-c6ccccn6)ccnc5[nH]4)c3n2)c1. The second-order valence-electron chi connectivity index (χ2n) is 8.93. The van der Waals surface area contributed by atoms with Gasteiger partial charge in [-0.2, -0.15) is 5.10 Å². The van der Waals surface area contributed by atoms with Crippen LogP contribution in [0.15, 0.2) is 73.3 Å². The highest BCUT2D eigenvalue weighted by Gasteiger charge is 2.16. The third-order valence-electron chi connectivity index (χ3n) is 5.91. The molecule has 6 aromatic rings. The maximum absolute atomic E-state index is 12.2. The number of nitrogens with zero attached hydrogens (tertiary/aromatic N) is 6. The highest BCUT2D eigenvalue weighted by atomic mass is 16.2. The van der Waals surface area contributed by atoms with Gasteiger partial charge in [-0.05, 0) is 56.6 Å². The number of aromatic nitrogens is 7. The molecule has 0 aliphatic carbocycles. The summed E-state index contributed by atoms with van der Waals surface area (Å²) < 4.78 is 0. The average molecular weight is 490 g/mol. The summed E-state index contributed by atoms with van der Waals surface area (Å²) in [7, 11) is 3.69. The molecular weight excluding hydrogens is 466 g/mol. The minimum absolute atomic E-state index is 0.109. The van der Waals surface area contributed by atoms with Crippen LogP contribution in [-0.4, -0.2) is 66.6 Å². The highest BCUT2D eigenvalue weighted by Crippen LogP contribution is 2.32. The molecule has 0 aliphatic heterocycles. The van der Waals surface area contributed by atoms with E-state index in [0.717, 1.165) is 44.8 Å². The van der Waals surface area contributed by atoms with Gasteiger partial charge in [0.25, 0.3) is 0 Å². The number of nitrogens with one attached hydrogen (secondary N) is 3. The summed E-state index contributed by atoms with van der Waals surface area (Å²) in [6.07, 6.45) is 6.89. The normalized spacial score (nSPS) is 11.4. The fraction of sp³-hybridized carbons (Fsp3) is 0.111. The number of carbonyl (C=O) groups excluding carboxylic acids is 1. The van der Waals surface area contributed by atoms with Crippen LogP contribution in [0, 0.1) is 0 Å². The van der Waals surface area contributed by atoms with Crippen molar-refractivity contribution >= 4 is 33.7 Å². The molecule has 0 aliphatic rings. The zero-order valence-corrected chi connectivity index (χ0v) is 20.2. The van der Waals surface area contributed by atoms with Crippen LogP contribution in [0.4, 0.5) is 5.69 Å². The van der Waals surface area contributed by atoms with Crippen molar-refractivity contribution in [1.82, 2.24) is 40.0 Å². The Morgan fingerprint density at radius 3 is 2.76 bits per heavy atom. The minimum atomic E-state index is -0.109. The molecule has 182 valence electrons. The first kappa shape index (κ1) is 22.5. The molecule has 0 spiro atoms. The largest absolute Gasteiger partial charge is 0.338 e. The molecule has 1 amide bonds. The van der Waals surface area contributed by atoms with Crippen LogP contribution in [0.25, 0.3) is 56.0 Å². The summed E-state index contributed by atoms with van der Waals surface area (Å²) >= 11 is 0. The predicted octanol–water partition coefficient (Wildman–Crippen LogP) is 4.13. The van der Waals surface area contributed by atoms with E-state index in [1.165, 1.54) is 0 Å². The zero-order valence-electron chi connectivity index (χ0n) is 20.2. The third-order valence-corrected chi connectivity index (χ3v) is 5.91. The lowest BCUT2D eigenvalue weighted by Gasteiger charge is -2.10. The molecule has 0 fully saturated rings. The van der Waals surface area contributed by atoms with Gasteiger partial charge in [0, 0.05) is 35.1 Å². The number of aromatic amines is 2. The Morgan fingerprint density at radius 1 is 1.00 bits per heavy atom. The Labute approximate surface area is 211 Å². The van der Waals surface area contributed by atoms with Crippen molar-refractivity contribution < 1.29 is 4.79 Å². The van der Waals surface area contributed by atoms with Crippen LogP contribution in [0.2, 0.25) is 0 Å². The molecule has 6 aromatic heterocycles. The van der Waals surface area contributed by atoms with E-state index in [-0.39, 0.29) is 12.5 Å². The standard InChI is InChI=1S/C27H23N9O/c1-36(2)15-24(37)31-17-11-16(13-28-14-17)20-6-7-22-25(32-20)26(35-34-22)23-12-19-18(8-10-30-27(19)33-23)21-5-3-4-9-29-21/h3-14H,15H2,1-2H3,(H,30,33)(H,31,37)(H,34,35). The highest BCUT2D eigenvalue weighted by molar-refractivity contribution is 5.98. The predicted molar refractivity (Wildman–Crippen MR) is 143 cm³/mol. The second kappa shape index (κ2) is 9.25. The van der Waals surface area contributed by atoms with Crippen LogP contribution >= 0.6 is 0 Å². The minimum Gasteiger partial charge on any atom is -0.338 e. The molecule has 10 nitrogen and oxygen atoms in total. The summed E-state index contributed by atoms with van der Waals surface area (Å²) in [5.41, 5.74) is 7.72. The molecule has 0 bridgehead atoms. The van der Waals surface area contributed by atoms with E-state index < -0.39 is 0 Å². The van der Waals surface area contributed by atoms with E-state index in [9.17, 15) is 4.79 Å². The summed E-state index contributed by atoms with van der Waals surface area (Å²) in [4.78, 5) is 35.6. The van der Waals surface area contributed by atoms with Crippen molar-refractivity contribution in [2.75, 3.05) is 26.0 Å². The van der Waals surface area contributed by atoms with Crippen molar-refractivity contribution in [3.05, 3.63) is 73.3 Å². The van der Waals surface area contributed by atoms with Crippen molar-refractivity contribution in [3.63, 3.8) is 0 Å². The Morgan fingerprint density at radius 2 is 1.92 bits per heavy atom. The first-order valence-electron chi connectivity index (χ1n) is 11.7. The quantitative estimate of drug-likeness (QED) is 0.321. The molecule has 6 rings (SSSR count). The Balaban J connectivity index is 1.38. The number of rotatable bonds is 6. The lowest BCUT2D eigenvalue weighted by molar-refractivity contribution is -0.116.